The zero-order valence-corrected chi connectivity index (χ0v) is 11.0. The molecule has 108 valence electrons. The Morgan fingerprint density at radius 2 is 1.90 bits per heavy atom. The summed E-state index contributed by atoms with van der Waals surface area (Å²) in [6, 6.07) is 11.8. The first-order chi connectivity index (χ1) is 10.1. The van der Waals surface area contributed by atoms with Crippen molar-refractivity contribution in [3.63, 3.8) is 0 Å². The van der Waals surface area contributed by atoms with Gasteiger partial charge < -0.3 is 4.74 Å². The van der Waals surface area contributed by atoms with Crippen LogP contribution < -0.4 is 4.74 Å². The maximum atomic E-state index is 13.5. The van der Waals surface area contributed by atoms with Crippen molar-refractivity contribution >= 4 is 11.5 Å². The Morgan fingerprint density at radius 1 is 1.19 bits per heavy atom. The van der Waals surface area contributed by atoms with Crippen LogP contribution in [0.15, 0.2) is 48.5 Å². The van der Waals surface area contributed by atoms with Crippen LogP contribution in [-0.4, -0.2) is 17.3 Å². The van der Waals surface area contributed by atoms with Crippen LogP contribution in [0, 0.1) is 15.9 Å². The average Bonchev–Trinajstić information content (AvgIpc) is 2.49. The van der Waals surface area contributed by atoms with E-state index in [4.69, 9.17) is 4.74 Å². The Labute approximate surface area is 120 Å². The number of carbonyl (C=O) groups is 1. The molecule has 0 amide bonds. The minimum atomic E-state index is -0.823. The molecule has 0 bridgehead atoms. The van der Waals surface area contributed by atoms with Crippen LogP contribution in [0.2, 0.25) is 0 Å². The van der Waals surface area contributed by atoms with Crippen molar-refractivity contribution in [3.05, 3.63) is 70.0 Å². The van der Waals surface area contributed by atoms with Gasteiger partial charge in [-0.3, -0.25) is 14.9 Å². The number of hydrogen-bond acceptors (Lipinski definition) is 4. The van der Waals surface area contributed by atoms with Crippen LogP contribution >= 0.6 is 0 Å². The van der Waals surface area contributed by atoms with Gasteiger partial charge in [-0.05, 0) is 6.07 Å². The third-order valence-electron chi connectivity index (χ3n) is 2.81. The number of nitro groups is 1. The van der Waals surface area contributed by atoms with Gasteiger partial charge in [-0.2, -0.15) is 0 Å². The highest BCUT2D eigenvalue weighted by molar-refractivity contribution is 5.96. The lowest BCUT2D eigenvalue weighted by molar-refractivity contribution is -0.385. The zero-order chi connectivity index (χ0) is 15.2. The Balaban J connectivity index is 1.92. The van der Waals surface area contributed by atoms with Crippen molar-refractivity contribution in [2.24, 2.45) is 0 Å². The molecule has 2 aromatic rings. The topological polar surface area (TPSA) is 69.4 Å². The van der Waals surface area contributed by atoms with Crippen molar-refractivity contribution in [2.45, 2.75) is 6.42 Å². The maximum Gasteiger partial charge on any atom is 0.272 e. The highest BCUT2D eigenvalue weighted by atomic mass is 19.1. The number of benzene rings is 2. The Morgan fingerprint density at radius 3 is 2.52 bits per heavy atom. The summed E-state index contributed by atoms with van der Waals surface area (Å²) in [4.78, 5) is 21.6. The van der Waals surface area contributed by atoms with Crippen LogP contribution in [0.4, 0.5) is 10.1 Å². The summed E-state index contributed by atoms with van der Waals surface area (Å²) < 4.78 is 18.7. The number of ether oxygens (including phenoxy) is 1. The molecule has 0 saturated heterocycles. The second-order valence-corrected chi connectivity index (χ2v) is 4.26. The molecule has 0 aliphatic rings. The quantitative estimate of drug-likeness (QED) is 0.464. The van der Waals surface area contributed by atoms with E-state index >= 15 is 0 Å². The van der Waals surface area contributed by atoms with Gasteiger partial charge in [0, 0.05) is 18.1 Å². The number of halogens is 1. The molecule has 0 aliphatic heterocycles. The predicted octanol–water partition coefficient (Wildman–Crippen LogP) is 3.39. The molecular formula is C15H12FNO4. The number of non-ortho nitro benzene ring substituents is 1. The molecule has 0 radical (unpaired) electrons. The monoisotopic (exact) mass is 289 g/mol. The van der Waals surface area contributed by atoms with Gasteiger partial charge in [-0.15, -0.1) is 0 Å². The number of carbonyl (C=O) groups excluding carboxylic acids is 1. The predicted molar refractivity (Wildman–Crippen MR) is 73.9 cm³/mol. The molecule has 2 aromatic carbocycles. The van der Waals surface area contributed by atoms with Crippen molar-refractivity contribution < 1.29 is 18.8 Å². The van der Waals surface area contributed by atoms with E-state index in [1.807, 2.05) is 0 Å². The van der Waals surface area contributed by atoms with Gasteiger partial charge in [0.05, 0.1) is 17.6 Å². The summed E-state index contributed by atoms with van der Waals surface area (Å²) in [7, 11) is 0. The molecule has 5 nitrogen and oxygen atoms in total. The molecular weight excluding hydrogens is 277 g/mol. The van der Waals surface area contributed by atoms with E-state index in [2.05, 4.69) is 0 Å². The summed E-state index contributed by atoms with van der Waals surface area (Å²) >= 11 is 0. The fourth-order valence-corrected chi connectivity index (χ4v) is 1.74. The standard InChI is InChI=1S/C15H12FNO4/c16-13-10-12(17(19)20)6-7-15(13)21-9-8-14(18)11-4-2-1-3-5-11/h1-7,10H,8-9H2. The SMILES string of the molecule is O=C(CCOc1ccc([N+](=O)[O-])cc1F)c1ccccc1. The first-order valence-electron chi connectivity index (χ1n) is 6.23. The molecule has 6 heteroatoms. The fourth-order valence-electron chi connectivity index (χ4n) is 1.74. The number of rotatable bonds is 6. The molecule has 0 unspecified atom stereocenters. The average molecular weight is 289 g/mol. The summed E-state index contributed by atoms with van der Waals surface area (Å²) in [5.41, 5.74) is 0.213. The molecule has 0 spiro atoms. The van der Waals surface area contributed by atoms with Crippen LogP contribution in [0.25, 0.3) is 0 Å². The van der Waals surface area contributed by atoms with E-state index in [0.29, 0.717) is 5.56 Å². The van der Waals surface area contributed by atoms with Crippen molar-refractivity contribution in [3.8, 4) is 5.75 Å². The second-order valence-electron chi connectivity index (χ2n) is 4.26. The van der Waals surface area contributed by atoms with E-state index in [1.165, 1.54) is 6.07 Å². The van der Waals surface area contributed by atoms with Gasteiger partial charge >= 0.3 is 0 Å². The fraction of sp³-hybridized carbons (Fsp3) is 0.133. The molecule has 21 heavy (non-hydrogen) atoms. The van der Waals surface area contributed by atoms with Crippen molar-refractivity contribution in [2.75, 3.05) is 6.61 Å². The summed E-state index contributed by atoms with van der Waals surface area (Å²) in [5, 5.41) is 10.5. The first-order valence-corrected chi connectivity index (χ1v) is 6.23. The zero-order valence-electron chi connectivity index (χ0n) is 11.0. The highest BCUT2D eigenvalue weighted by Gasteiger charge is 2.12. The largest absolute Gasteiger partial charge is 0.490 e. The van der Waals surface area contributed by atoms with Crippen LogP contribution in [0.3, 0.4) is 0 Å². The summed E-state index contributed by atoms with van der Waals surface area (Å²) in [6.07, 6.45) is 0.0977. The van der Waals surface area contributed by atoms with E-state index in [9.17, 15) is 19.3 Å². The lowest BCUT2D eigenvalue weighted by atomic mass is 10.1. The molecule has 0 aromatic heterocycles. The van der Waals surface area contributed by atoms with E-state index < -0.39 is 10.7 Å². The molecule has 0 heterocycles. The molecule has 0 atom stereocenters. The minimum absolute atomic E-state index is 0.00244. The van der Waals surface area contributed by atoms with Gasteiger partial charge in [-0.1, -0.05) is 30.3 Å². The van der Waals surface area contributed by atoms with Crippen LogP contribution in [0.5, 0.6) is 5.75 Å². The number of hydrogen-bond donors (Lipinski definition) is 0. The summed E-state index contributed by atoms with van der Waals surface area (Å²) in [5.74, 6) is -1.05. The first kappa shape index (κ1) is 14.6. The van der Waals surface area contributed by atoms with E-state index in [0.717, 1.165) is 12.1 Å². The molecule has 0 fully saturated rings. The van der Waals surface area contributed by atoms with E-state index in [-0.39, 0.29) is 30.2 Å². The lowest BCUT2D eigenvalue weighted by Gasteiger charge is -2.06. The highest BCUT2D eigenvalue weighted by Crippen LogP contribution is 2.22. The smallest absolute Gasteiger partial charge is 0.272 e. The molecule has 0 N–H and O–H groups in total. The third-order valence-corrected chi connectivity index (χ3v) is 2.81. The van der Waals surface area contributed by atoms with Gasteiger partial charge in [0.15, 0.2) is 17.3 Å². The number of Topliss-reactive ketones (excluding diaryl/α,β-unsaturated/α-hetero) is 1. The van der Waals surface area contributed by atoms with Crippen LogP contribution in [0.1, 0.15) is 16.8 Å². The minimum Gasteiger partial charge on any atom is -0.490 e. The van der Waals surface area contributed by atoms with Crippen molar-refractivity contribution in [1.29, 1.82) is 0 Å². The lowest BCUT2D eigenvalue weighted by Crippen LogP contribution is -2.07. The third kappa shape index (κ3) is 3.85. The molecule has 2 rings (SSSR count). The number of nitrogens with zero attached hydrogens (tertiary/aromatic N) is 1. The normalized spacial score (nSPS) is 10.1. The van der Waals surface area contributed by atoms with Gasteiger partial charge in [-0.25, -0.2) is 4.39 Å². The van der Waals surface area contributed by atoms with E-state index in [1.54, 1.807) is 30.3 Å². The Kier molecular flexibility index (Phi) is 4.61. The Bertz CT molecular complexity index is 658. The molecule has 0 saturated carbocycles. The van der Waals surface area contributed by atoms with Crippen molar-refractivity contribution in [1.82, 2.24) is 0 Å². The maximum absolute atomic E-state index is 13.5. The van der Waals surface area contributed by atoms with Gasteiger partial charge in [0.25, 0.3) is 5.69 Å². The van der Waals surface area contributed by atoms with Gasteiger partial charge in [0.2, 0.25) is 0 Å². The van der Waals surface area contributed by atoms with Gasteiger partial charge in [0.1, 0.15) is 0 Å². The number of nitro benzene ring substituents is 1. The Hall–Kier alpha value is -2.76. The number of ketones is 1. The second kappa shape index (κ2) is 6.60. The molecule has 0 aliphatic carbocycles. The summed E-state index contributed by atoms with van der Waals surface area (Å²) in [6.45, 7) is 0.00244. The van der Waals surface area contributed by atoms with Crippen LogP contribution in [-0.2, 0) is 0 Å².